The molecular formula is C14H14N6. The molecule has 0 bridgehead atoms. The van der Waals surface area contributed by atoms with Crippen molar-refractivity contribution in [3.63, 3.8) is 0 Å². The molecule has 3 aromatic rings. The summed E-state index contributed by atoms with van der Waals surface area (Å²) in [5, 5.41) is 12.4. The van der Waals surface area contributed by atoms with Crippen molar-refractivity contribution in [2.75, 3.05) is 5.73 Å². The number of nitrogen functional groups attached to an aromatic ring is 1. The number of rotatable bonds is 2. The summed E-state index contributed by atoms with van der Waals surface area (Å²) < 4.78 is 1.61. The van der Waals surface area contributed by atoms with Crippen LogP contribution in [0.4, 0.5) is 5.69 Å². The van der Waals surface area contributed by atoms with Gasteiger partial charge in [-0.2, -0.15) is 10.2 Å². The largest absolute Gasteiger partial charge is 0.399 e. The van der Waals surface area contributed by atoms with Crippen LogP contribution in [0.3, 0.4) is 0 Å². The first kappa shape index (κ1) is 12.3. The zero-order valence-corrected chi connectivity index (χ0v) is 11.3. The molecule has 20 heavy (non-hydrogen) atoms. The molecule has 0 aliphatic rings. The maximum atomic E-state index is 5.79. The molecule has 1 aromatic carbocycles. The van der Waals surface area contributed by atoms with Crippen LogP contribution in [-0.2, 0) is 0 Å². The van der Waals surface area contributed by atoms with E-state index in [0.29, 0.717) is 5.95 Å². The molecule has 0 spiro atoms. The predicted octanol–water partition coefficient (Wildman–Crippen LogP) is 1.92. The Hall–Kier alpha value is -2.76. The van der Waals surface area contributed by atoms with Crippen molar-refractivity contribution >= 4 is 5.69 Å². The molecule has 100 valence electrons. The SMILES string of the molecule is Cc1nnc(-n2cc(-c3cccc(N)c3)cn2)nc1C. The highest BCUT2D eigenvalue weighted by Gasteiger charge is 2.07. The predicted molar refractivity (Wildman–Crippen MR) is 76.3 cm³/mol. The van der Waals surface area contributed by atoms with E-state index in [1.54, 1.807) is 10.9 Å². The standard InChI is InChI=1S/C14H14N6/c1-9-10(2)18-19-14(17-9)20-8-12(7-16-20)11-4-3-5-13(15)6-11/h3-8H,15H2,1-2H3. The Balaban J connectivity index is 1.99. The van der Waals surface area contributed by atoms with Gasteiger partial charge in [-0.25, -0.2) is 9.67 Å². The van der Waals surface area contributed by atoms with Crippen LogP contribution in [0.2, 0.25) is 0 Å². The number of nitrogens with zero attached hydrogens (tertiary/aromatic N) is 5. The molecule has 0 aliphatic carbocycles. The molecule has 2 N–H and O–H groups in total. The molecule has 0 atom stereocenters. The number of anilines is 1. The normalized spacial score (nSPS) is 10.7. The lowest BCUT2D eigenvalue weighted by Gasteiger charge is -2.01. The van der Waals surface area contributed by atoms with Crippen LogP contribution < -0.4 is 5.73 Å². The fourth-order valence-corrected chi connectivity index (χ4v) is 1.84. The molecule has 0 unspecified atom stereocenters. The summed E-state index contributed by atoms with van der Waals surface area (Å²) in [4.78, 5) is 4.37. The van der Waals surface area contributed by atoms with Crippen LogP contribution in [0, 0.1) is 13.8 Å². The molecule has 0 aliphatic heterocycles. The molecule has 2 aromatic heterocycles. The summed E-state index contributed by atoms with van der Waals surface area (Å²) in [6.07, 6.45) is 3.62. The van der Waals surface area contributed by atoms with Gasteiger partial charge in [0, 0.05) is 17.4 Å². The van der Waals surface area contributed by atoms with Crippen molar-refractivity contribution in [1.29, 1.82) is 0 Å². The van der Waals surface area contributed by atoms with Crippen molar-refractivity contribution in [2.24, 2.45) is 0 Å². The molecule has 2 heterocycles. The number of benzene rings is 1. The van der Waals surface area contributed by atoms with Crippen LogP contribution in [0.1, 0.15) is 11.4 Å². The second-order valence-corrected chi connectivity index (χ2v) is 4.58. The van der Waals surface area contributed by atoms with E-state index in [9.17, 15) is 0 Å². The van der Waals surface area contributed by atoms with Gasteiger partial charge < -0.3 is 5.73 Å². The Kier molecular flexibility index (Phi) is 2.90. The third kappa shape index (κ3) is 2.23. The molecular weight excluding hydrogens is 252 g/mol. The van der Waals surface area contributed by atoms with Crippen LogP contribution in [0.15, 0.2) is 36.7 Å². The zero-order chi connectivity index (χ0) is 14.1. The minimum Gasteiger partial charge on any atom is -0.399 e. The summed E-state index contributed by atoms with van der Waals surface area (Å²) in [6, 6.07) is 7.65. The van der Waals surface area contributed by atoms with Crippen LogP contribution >= 0.6 is 0 Å². The third-order valence-electron chi connectivity index (χ3n) is 3.09. The Bertz CT molecular complexity index is 762. The molecule has 0 amide bonds. The lowest BCUT2D eigenvalue weighted by molar-refractivity contribution is 0.752. The fraction of sp³-hybridized carbons (Fsp3) is 0.143. The maximum Gasteiger partial charge on any atom is 0.270 e. The second kappa shape index (κ2) is 4.73. The van der Waals surface area contributed by atoms with E-state index in [1.807, 2.05) is 44.3 Å². The van der Waals surface area contributed by atoms with Gasteiger partial charge in [0.15, 0.2) is 0 Å². The van der Waals surface area contributed by atoms with Crippen molar-refractivity contribution in [3.8, 4) is 17.1 Å². The van der Waals surface area contributed by atoms with E-state index in [2.05, 4.69) is 20.3 Å². The summed E-state index contributed by atoms with van der Waals surface area (Å²) in [6.45, 7) is 3.77. The number of hydrogen-bond donors (Lipinski definition) is 1. The van der Waals surface area contributed by atoms with Crippen molar-refractivity contribution in [3.05, 3.63) is 48.0 Å². The van der Waals surface area contributed by atoms with Crippen molar-refractivity contribution in [2.45, 2.75) is 13.8 Å². The Labute approximate surface area is 116 Å². The van der Waals surface area contributed by atoms with E-state index in [-0.39, 0.29) is 0 Å². The minimum atomic E-state index is 0.461. The summed E-state index contributed by atoms with van der Waals surface area (Å²) >= 11 is 0. The number of aromatic nitrogens is 5. The van der Waals surface area contributed by atoms with Gasteiger partial charge in [0.1, 0.15) is 0 Å². The molecule has 6 nitrogen and oxygen atoms in total. The fourth-order valence-electron chi connectivity index (χ4n) is 1.84. The quantitative estimate of drug-likeness (QED) is 0.716. The molecule has 0 saturated heterocycles. The van der Waals surface area contributed by atoms with Gasteiger partial charge in [0.05, 0.1) is 17.6 Å². The van der Waals surface area contributed by atoms with Crippen LogP contribution in [-0.4, -0.2) is 25.0 Å². The summed E-state index contributed by atoms with van der Waals surface area (Å²) in [7, 11) is 0. The first-order valence-corrected chi connectivity index (χ1v) is 6.22. The molecule has 6 heteroatoms. The lowest BCUT2D eigenvalue weighted by Crippen LogP contribution is -2.06. The van der Waals surface area contributed by atoms with Gasteiger partial charge in [-0.15, -0.1) is 5.10 Å². The van der Waals surface area contributed by atoms with Crippen molar-refractivity contribution < 1.29 is 0 Å². The molecule has 0 saturated carbocycles. The number of hydrogen-bond acceptors (Lipinski definition) is 5. The number of aryl methyl sites for hydroxylation is 2. The Morgan fingerprint density at radius 1 is 1.05 bits per heavy atom. The van der Waals surface area contributed by atoms with E-state index in [0.717, 1.165) is 28.2 Å². The average Bonchev–Trinajstić information content (AvgIpc) is 2.92. The first-order valence-electron chi connectivity index (χ1n) is 6.22. The van der Waals surface area contributed by atoms with Gasteiger partial charge >= 0.3 is 0 Å². The zero-order valence-electron chi connectivity index (χ0n) is 11.3. The Morgan fingerprint density at radius 3 is 2.65 bits per heavy atom. The minimum absolute atomic E-state index is 0.461. The summed E-state index contributed by atoms with van der Waals surface area (Å²) in [5.41, 5.74) is 10.1. The van der Waals surface area contributed by atoms with E-state index in [1.165, 1.54) is 0 Å². The highest BCUT2D eigenvalue weighted by molar-refractivity contribution is 5.66. The highest BCUT2D eigenvalue weighted by Crippen LogP contribution is 2.21. The molecule has 0 fully saturated rings. The summed E-state index contributed by atoms with van der Waals surface area (Å²) in [5.74, 6) is 0.461. The van der Waals surface area contributed by atoms with Gasteiger partial charge in [0.2, 0.25) is 0 Å². The van der Waals surface area contributed by atoms with Crippen molar-refractivity contribution in [1.82, 2.24) is 25.0 Å². The van der Waals surface area contributed by atoms with Gasteiger partial charge in [-0.05, 0) is 31.5 Å². The smallest absolute Gasteiger partial charge is 0.270 e. The topological polar surface area (TPSA) is 82.5 Å². The van der Waals surface area contributed by atoms with Crippen LogP contribution in [0.25, 0.3) is 17.1 Å². The highest BCUT2D eigenvalue weighted by atomic mass is 15.4. The van der Waals surface area contributed by atoms with Gasteiger partial charge in [-0.1, -0.05) is 12.1 Å². The van der Waals surface area contributed by atoms with E-state index in [4.69, 9.17) is 5.73 Å². The van der Waals surface area contributed by atoms with Gasteiger partial charge in [-0.3, -0.25) is 0 Å². The second-order valence-electron chi connectivity index (χ2n) is 4.58. The third-order valence-corrected chi connectivity index (χ3v) is 3.09. The lowest BCUT2D eigenvalue weighted by atomic mass is 10.1. The average molecular weight is 266 g/mol. The Morgan fingerprint density at radius 2 is 1.90 bits per heavy atom. The van der Waals surface area contributed by atoms with Gasteiger partial charge in [0.25, 0.3) is 5.95 Å². The number of nitrogens with two attached hydrogens (primary N) is 1. The maximum absolute atomic E-state index is 5.79. The monoisotopic (exact) mass is 266 g/mol. The van der Waals surface area contributed by atoms with Crippen LogP contribution in [0.5, 0.6) is 0 Å². The molecule has 3 rings (SSSR count). The van der Waals surface area contributed by atoms with E-state index < -0.39 is 0 Å². The molecule has 0 radical (unpaired) electrons. The first-order chi connectivity index (χ1) is 9.63. The van der Waals surface area contributed by atoms with E-state index >= 15 is 0 Å².